The van der Waals surface area contributed by atoms with Gasteiger partial charge in [-0.05, 0) is 54.2 Å². The first-order valence-corrected chi connectivity index (χ1v) is 8.55. The van der Waals surface area contributed by atoms with Crippen LogP contribution >= 0.6 is 15.9 Å². The van der Waals surface area contributed by atoms with Crippen LogP contribution < -0.4 is 4.72 Å². The van der Waals surface area contributed by atoms with Gasteiger partial charge in [0.05, 0.1) is 0 Å². The molecule has 0 amide bonds. The average Bonchev–Trinajstić information content (AvgIpc) is 2.34. The Morgan fingerprint density at radius 1 is 1.47 bits per heavy atom. The normalized spacial score (nSPS) is 21.3. The lowest BCUT2D eigenvalue weighted by atomic mass is 10.1. The lowest BCUT2D eigenvalue weighted by Crippen LogP contribution is -2.44. The Morgan fingerprint density at radius 3 is 2.84 bits per heavy atom. The summed E-state index contributed by atoms with van der Waals surface area (Å²) in [6, 6.07) is 1.76. The van der Waals surface area contributed by atoms with Crippen LogP contribution in [0.3, 0.4) is 0 Å². The lowest BCUT2D eigenvalue weighted by Gasteiger charge is -2.32. The highest BCUT2D eigenvalue weighted by atomic mass is 79.9. The number of hydrogen-bond donors (Lipinski definition) is 1. The van der Waals surface area contributed by atoms with Crippen LogP contribution in [0, 0.1) is 6.92 Å². The van der Waals surface area contributed by atoms with Crippen molar-refractivity contribution in [1.29, 1.82) is 0 Å². The van der Waals surface area contributed by atoms with E-state index in [-0.39, 0.29) is 6.04 Å². The van der Waals surface area contributed by atoms with Gasteiger partial charge in [0.2, 0.25) is 0 Å². The van der Waals surface area contributed by atoms with Crippen molar-refractivity contribution in [3.63, 3.8) is 0 Å². The van der Waals surface area contributed by atoms with E-state index in [4.69, 9.17) is 0 Å². The Kier molecular flexibility index (Phi) is 4.47. The van der Waals surface area contributed by atoms with Crippen molar-refractivity contribution in [3.05, 3.63) is 22.3 Å². The van der Waals surface area contributed by atoms with E-state index in [1.165, 1.54) is 4.31 Å². The van der Waals surface area contributed by atoms with Crippen molar-refractivity contribution in [1.82, 2.24) is 9.29 Å². The molecular formula is C12H18BrN3O2S. The molecule has 1 aliphatic rings. The predicted octanol–water partition coefficient (Wildman–Crippen LogP) is 2.68. The standard InChI is InChI=1S/C12H18BrN3O2S/c1-9-7-12(14-8-11(9)13)15-19(17,18)16-6-4-3-5-10(16)2/h7-8,10H,3-6H2,1-2H3,(H,14,15). The quantitative estimate of drug-likeness (QED) is 0.914. The topological polar surface area (TPSA) is 62.3 Å². The van der Waals surface area contributed by atoms with Gasteiger partial charge in [0.25, 0.3) is 0 Å². The average molecular weight is 348 g/mol. The molecule has 2 rings (SSSR count). The largest absolute Gasteiger partial charge is 0.303 e. The molecular weight excluding hydrogens is 330 g/mol. The van der Waals surface area contributed by atoms with Crippen molar-refractivity contribution in [2.24, 2.45) is 0 Å². The molecule has 1 aromatic heterocycles. The van der Waals surface area contributed by atoms with Crippen molar-refractivity contribution in [3.8, 4) is 0 Å². The molecule has 0 aromatic carbocycles. The molecule has 1 fully saturated rings. The van der Waals surface area contributed by atoms with Crippen LogP contribution in [0.2, 0.25) is 0 Å². The summed E-state index contributed by atoms with van der Waals surface area (Å²) < 4.78 is 29.6. The Morgan fingerprint density at radius 2 is 2.21 bits per heavy atom. The van der Waals surface area contributed by atoms with E-state index in [2.05, 4.69) is 25.6 Å². The monoisotopic (exact) mass is 347 g/mol. The molecule has 1 N–H and O–H groups in total. The van der Waals surface area contributed by atoms with Gasteiger partial charge in [-0.15, -0.1) is 0 Å². The van der Waals surface area contributed by atoms with Gasteiger partial charge in [0.15, 0.2) is 0 Å². The minimum absolute atomic E-state index is 0.0443. The molecule has 5 nitrogen and oxygen atoms in total. The van der Waals surface area contributed by atoms with E-state index in [1.54, 1.807) is 12.3 Å². The molecule has 0 radical (unpaired) electrons. The minimum atomic E-state index is -3.51. The number of halogens is 1. The molecule has 1 aliphatic heterocycles. The van der Waals surface area contributed by atoms with Crippen molar-refractivity contribution in [2.75, 3.05) is 11.3 Å². The third-order valence-electron chi connectivity index (χ3n) is 3.33. The number of hydrogen-bond acceptors (Lipinski definition) is 3. The first kappa shape index (κ1) is 14.7. The second-order valence-corrected chi connectivity index (χ2v) is 7.36. The molecule has 7 heteroatoms. The highest BCUT2D eigenvalue weighted by Crippen LogP contribution is 2.22. The number of piperidine rings is 1. The molecule has 0 bridgehead atoms. The Bertz CT molecular complexity index is 562. The summed E-state index contributed by atoms with van der Waals surface area (Å²) in [7, 11) is -3.51. The van der Waals surface area contributed by atoms with Gasteiger partial charge in [0, 0.05) is 23.3 Å². The van der Waals surface area contributed by atoms with E-state index in [0.717, 1.165) is 29.3 Å². The van der Waals surface area contributed by atoms with E-state index < -0.39 is 10.2 Å². The Hall–Kier alpha value is -0.660. The van der Waals surface area contributed by atoms with E-state index >= 15 is 0 Å². The SMILES string of the molecule is Cc1cc(NS(=O)(=O)N2CCCCC2C)ncc1Br. The van der Waals surface area contributed by atoms with Crippen LogP contribution in [0.25, 0.3) is 0 Å². The first-order valence-electron chi connectivity index (χ1n) is 6.32. The molecule has 1 atom stereocenters. The van der Waals surface area contributed by atoms with E-state index in [0.29, 0.717) is 12.4 Å². The number of nitrogens with one attached hydrogen (secondary N) is 1. The lowest BCUT2D eigenvalue weighted by molar-refractivity contribution is 0.270. The maximum atomic E-state index is 12.3. The first-order chi connectivity index (χ1) is 8.90. The zero-order chi connectivity index (χ0) is 14.0. The highest BCUT2D eigenvalue weighted by molar-refractivity contribution is 9.10. The maximum absolute atomic E-state index is 12.3. The van der Waals surface area contributed by atoms with Crippen molar-refractivity contribution < 1.29 is 8.42 Å². The van der Waals surface area contributed by atoms with Crippen LogP contribution in [0.4, 0.5) is 5.82 Å². The summed E-state index contributed by atoms with van der Waals surface area (Å²) in [6.45, 7) is 4.41. The van der Waals surface area contributed by atoms with E-state index in [1.807, 2.05) is 13.8 Å². The molecule has 0 spiro atoms. The molecule has 2 heterocycles. The number of rotatable bonds is 3. The summed E-state index contributed by atoms with van der Waals surface area (Å²) in [5, 5.41) is 0. The van der Waals surface area contributed by atoms with Crippen LogP contribution in [-0.2, 0) is 10.2 Å². The summed E-state index contributed by atoms with van der Waals surface area (Å²) in [5.41, 5.74) is 0.944. The van der Waals surface area contributed by atoms with Gasteiger partial charge in [-0.2, -0.15) is 12.7 Å². The van der Waals surface area contributed by atoms with Gasteiger partial charge in [-0.1, -0.05) is 6.42 Å². The summed E-state index contributed by atoms with van der Waals surface area (Å²) >= 11 is 3.35. The molecule has 1 saturated heterocycles. The molecule has 1 unspecified atom stereocenters. The smallest absolute Gasteiger partial charge is 0.254 e. The van der Waals surface area contributed by atoms with Crippen LogP contribution in [0.5, 0.6) is 0 Å². The summed E-state index contributed by atoms with van der Waals surface area (Å²) in [5.74, 6) is 0.360. The van der Waals surface area contributed by atoms with Gasteiger partial charge < -0.3 is 0 Å². The van der Waals surface area contributed by atoms with Gasteiger partial charge >= 0.3 is 10.2 Å². The fourth-order valence-corrected chi connectivity index (χ4v) is 3.87. The minimum Gasteiger partial charge on any atom is -0.254 e. The molecule has 106 valence electrons. The van der Waals surface area contributed by atoms with Gasteiger partial charge in [0.1, 0.15) is 5.82 Å². The van der Waals surface area contributed by atoms with Gasteiger partial charge in [-0.25, -0.2) is 4.98 Å². The van der Waals surface area contributed by atoms with Crippen LogP contribution in [-0.4, -0.2) is 30.3 Å². The number of aryl methyl sites for hydroxylation is 1. The third-order valence-corrected chi connectivity index (χ3v) is 5.79. The Balaban J connectivity index is 2.18. The third kappa shape index (κ3) is 3.46. The number of aromatic nitrogens is 1. The van der Waals surface area contributed by atoms with Crippen molar-refractivity contribution in [2.45, 2.75) is 39.2 Å². The summed E-state index contributed by atoms with van der Waals surface area (Å²) in [4.78, 5) is 4.08. The van der Waals surface area contributed by atoms with E-state index in [9.17, 15) is 8.42 Å². The zero-order valence-electron chi connectivity index (χ0n) is 11.1. The highest BCUT2D eigenvalue weighted by Gasteiger charge is 2.29. The van der Waals surface area contributed by atoms with Crippen molar-refractivity contribution >= 4 is 32.0 Å². The predicted molar refractivity (Wildman–Crippen MR) is 79.2 cm³/mol. The van der Waals surface area contributed by atoms with Crippen LogP contribution in [0.1, 0.15) is 31.7 Å². The molecule has 1 aromatic rings. The molecule has 0 aliphatic carbocycles. The zero-order valence-corrected chi connectivity index (χ0v) is 13.5. The fourth-order valence-electron chi connectivity index (χ4n) is 2.21. The van der Waals surface area contributed by atoms with Gasteiger partial charge in [-0.3, -0.25) is 4.72 Å². The number of pyridine rings is 1. The second kappa shape index (κ2) is 5.76. The molecule has 19 heavy (non-hydrogen) atoms. The number of anilines is 1. The maximum Gasteiger partial charge on any atom is 0.303 e. The Labute approximate surface area is 122 Å². The second-order valence-electron chi connectivity index (χ2n) is 4.88. The summed E-state index contributed by atoms with van der Waals surface area (Å²) in [6.07, 6.45) is 4.52. The van der Waals surface area contributed by atoms with Crippen LogP contribution in [0.15, 0.2) is 16.7 Å². The fraction of sp³-hybridized carbons (Fsp3) is 0.583. The molecule has 0 saturated carbocycles. The number of nitrogens with zero attached hydrogens (tertiary/aromatic N) is 2.